The second kappa shape index (κ2) is 7.85. The van der Waals surface area contributed by atoms with Crippen LogP contribution in [0.5, 0.6) is 0 Å². The molecule has 0 saturated carbocycles. The Bertz CT molecular complexity index is 273. The van der Waals surface area contributed by atoms with Gasteiger partial charge in [-0.1, -0.05) is 19.8 Å². The number of carbonyl (C=O) groups is 1. The Kier molecular flexibility index (Phi) is 6.11. The van der Waals surface area contributed by atoms with Crippen LogP contribution in [-0.2, 0) is 4.79 Å². The number of carbonyl (C=O) groups excluding carboxylic acids is 1. The molecule has 4 heteroatoms. The summed E-state index contributed by atoms with van der Waals surface area (Å²) in [6.07, 6.45) is 7.43. The molecular formula is C15H29N3O. The van der Waals surface area contributed by atoms with Crippen LogP contribution in [0, 0.1) is 0 Å². The fourth-order valence-corrected chi connectivity index (χ4v) is 3.30. The zero-order valence-electron chi connectivity index (χ0n) is 12.4. The summed E-state index contributed by atoms with van der Waals surface area (Å²) in [5.41, 5.74) is 0. The fourth-order valence-electron chi connectivity index (χ4n) is 3.30. The topological polar surface area (TPSA) is 35.6 Å². The van der Waals surface area contributed by atoms with Crippen molar-refractivity contribution in [3.05, 3.63) is 0 Å². The van der Waals surface area contributed by atoms with Crippen molar-refractivity contribution in [1.82, 2.24) is 15.1 Å². The van der Waals surface area contributed by atoms with E-state index < -0.39 is 0 Å². The molecule has 1 unspecified atom stereocenters. The summed E-state index contributed by atoms with van der Waals surface area (Å²) < 4.78 is 0. The first kappa shape index (κ1) is 14.8. The predicted octanol–water partition coefficient (Wildman–Crippen LogP) is 1.46. The molecule has 0 radical (unpaired) electrons. The third-order valence-corrected chi connectivity index (χ3v) is 4.40. The Balaban J connectivity index is 1.84. The van der Waals surface area contributed by atoms with Gasteiger partial charge in [-0.05, 0) is 38.8 Å². The van der Waals surface area contributed by atoms with Gasteiger partial charge in [-0.3, -0.25) is 9.69 Å². The van der Waals surface area contributed by atoms with E-state index in [9.17, 15) is 4.79 Å². The number of hydrogen-bond donors (Lipinski definition) is 1. The van der Waals surface area contributed by atoms with Crippen molar-refractivity contribution in [2.75, 3.05) is 39.3 Å². The molecule has 2 heterocycles. The number of nitrogens with zero attached hydrogens (tertiary/aromatic N) is 2. The molecule has 2 fully saturated rings. The summed E-state index contributed by atoms with van der Waals surface area (Å²) in [4.78, 5) is 16.9. The van der Waals surface area contributed by atoms with Crippen molar-refractivity contribution in [1.29, 1.82) is 0 Å². The molecule has 2 saturated heterocycles. The van der Waals surface area contributed by atoms with Gasteiger partial charge < -0.3 is 10.2 Å². The molecular weight excluding hydrogens is 238 g/mol. The molecule has 1 atom stereocenters. The van der Waals surface area contributed by atoms with Crippen LogP contribution in [0.15, 0.2) is 0 Å². The standard InChI is InChI=1S/C15H29N3O/c1-2-6-14-7-3-4-10-18(14)13-15(19)17-11-5-8-16-9-12-17/h14,16H,2-13H2,1H3. The molecule has 110 valence electrons. The van der Waals surface area contributed by atoms with Crippen molar-refractivity contribution in [2.45, 2.75) is 51.5 Å². The van der Waals surface area contributed by atoms with Crippen LogP contribution in [0.25, 0.3) is 0 Å². The maximum absolute atomic E-state index is 12.4. The molecule has 0 aromatic carbocycles. The minimum Gasteiger partial charge on any atom is -0.340 e. The molecule has 0 bridgehead atoms. The Morgan fingerprint density at radius 1 is 1.16 bits per heavy atom. The molecule has 2 aliphatic rings. The van der Waals surface area contributed by atoms with Gasteiger partial charge in [0.05, 0.1) is 6.54 Å². The smallest absolute Gasteiger partial charge is 0.236 e. The van der Waals surface area contributed by atoms with E-state index >= 15 is 0 Å². The van der Waals surface area contributed by atoms with E-state index in [0.717, 1.165) is 39.1 Å². The van der Waals surface area contributed by atoms with E-state index in [0.29, 0.717) is 18.5 Å². The highest BCUT2D eigenvalue weighted by molar-refractivity contribution is 5.78. The minimum absolute atomic E-state index is 0.340. The van der Waals surface area contributed by atoms with Crippen LogP contribution in [0.4, 0.5) is 0 Å². The summed E-state index contributed by atoms with van der Waals surface area (Å²) >= 11 is 0. The largest absolute Gasteiger partial charge is 0.340 e. The summed E-state index contributed by atoms with van der Waals surface area (Å²) in [6, 6.07) is 0.646. The summed E-state index contributed by atoms with van der Waals surface area (Å²) in [5.74, 6) is 0.340. The third kappa shape index (κ3) is 4.46. The van der Waals surface area contributed by atoms with Gasteiger partial charge in [0, 0.05) is 25.7 Å². The van der Waals surface area contributed by atoms with Crippen LogP contribution in [0.3, 0.4) is 0 Å². The maximum atomic E-state index is 12.4. The molecule has 19 heavy (non-hydrogen) atoms. The Morgan fingerprint density at radius 3 is 2.89 bits per heavy atom. The number of piperidine rings is 1. The van der Waals surface area contributed by atoms with Crippen LogP contribution < -0.4 is 5.32 Å². The average molecular weight is 267 g/mol. The predicted molar refractivity (Wildman–Crippen MR) is 78.2 cm³/mol. The molecule has 0 spiro atoms. The summed E-state index contributed by atoms with van der Waals surface area (Å²) in [5, 5.41) is 3.36. The van der Waals surface area contributed by atoms with Crippen molar-refractivity contribution in [3.8, 4) is 0 Å². The van der Waals surface area contributed by atoms with E-state index in [2.05, 4.69) is 22.0 Å². The average Bonchev–Trinajstić information content (AvgIpc) is 2.70. The molecule has 2 rings (SSSR count). The highest BCUT2D eigenvalue weighted by atomic mass is 16.2. The SMILES string of the molecule is CCCC1CCCCN1CC(=O)N1CCCNCC1. The first-order valence-electron chi connectivity index (χ1n) is 8.04. The number of amides is 1. The molecule has 4 nitrogen and oxygen atoms in total. The van der Waals surface area contributed by atoms with E-state index in [-0.39, 0.29) is 0 Å². The lowest BCUT2D eigenvalue weighted by atomic mass is 9.98. The lowest BCUT2D eigenvalue weighted by Gasteiger charge is -2.36. The third-order valence-electron chi connectivity index (χ3n) is 4.40. The van der Waals surface area contributed by atoms with Gasteiger partial charge in [0.15, 0.2) is 0 Å². The molecule has 2 aliphatic heterocycles. The lowest BCUT2D eigenvalue weighted by Crippen LogP contribution is -2.47. The Morgan fingerprint density at radius 2 is 2.05 bits per heavy atom. The van der Waals surface area contributed by atoms with Crippen molar-refractivity contribution in [2.24, 2.45) is 0 Å². The second-order valence-corrected chi connectivity index (χ2v) is 5.89. The molecule has 0 aromatic heterocycles. The molecule has 1 amide bonds. The minimum atomic E-state index is 0.340. The first-order chi connectivity index (χ1) is 9.31. The molecule has 1 N–H and O–H groups in total. The number of likely N-dealkylation sites (tertiary alicyclic amines) is 1. The maximum Gasteiger partial charge on any atom is 0.236 e. The van der Waals surface area contributed by atoms with Gasteiger partial charge >= 0.3 is 0 Å². The summed E-state index contributed by atoms with van der Waals surface area (Å²) in [7, 11) is 0. The van der Waals surface area contributed by atoms with E-state index in [1.54, 1.807) is 0 Å². The van der Waals surface area contributed by atoms with Crippen LogP contribution >= 0.6 is 0 Å². The lowest BCUT2D eigenvalue weighted by molar-refractivity contribution is -0.133. The van der Waals surface area contributed by atoms with Gasteiger partial charge in [-0.15, -0.1) is 0 Å². The van der Waals surface area contributed by atoms with Crippen molar-refractivity contribution in [3.63, 3.8) is 0 Å². The van der Waals surface area contributed by atoms with E-state index in [1.807, 2.05) is 0 Å². The highest BCUT2D eigenvalue weighted by Crippen LogP contribution is 2.20. The number of hydrogen-bond acceptors (Lipinski definition) is 3. The van der Waals surface area contributed by atoms with E-state index in [4.69, 9.17) is 0 Å². The molecule has 0 aromatic rings. The zero-order valence-corrected chi connectivity index (χ0v) is 12.4. The van der Waals surface area contributed by atoms with Crippen molar-refractivity contribution >= 4 is 5.91 Å². The van der Waals surface area contributed by atoms with Crippen LogP contribution in [0.1, 0.15) is 45.4 Å². The van der Waals surface area contributed by atoms with Gasteiger partial charge in [-0.2, -0.15) is 0 Å². The Hall–Kier alpha value is -0.610. The van der Waals surface area contributed by atoms with Gasteiger partial charge in [0.25, 0.3) is 0 Å². The van der Waals surface area contributed by atoms with Crippen LogP contribution in [0.2, 0.25) is 0 Å². The number of nitrogens with one attached hydrogen (secondary N) is 1. The van der Waals surface area contributed by atoms with Gasteiger partial charge in [0.1, 0.15) is 0 Å². The Labute approximate surface area is 117 Å². The van der Waals surface area contributed by atoms with Crippen molar-refractivity contribution < 1.29 is 4.79 Å². The molecule has 0 aliphatic carbocycles. The van der Waals surface area contributed by atoms with Gasteiger partial charge in [-0.25, -0.2) is 0 Å². The first-order valence-corrected chi connectivity index (χ1v) is 8.04. The van der Waals surface area contributed by atoms with Gasteiger partial charge in [0.2, 0.25) is 5.91 Å². The second-order valence-electron chi connectivity index (χ2n) is 5.89. The quantitative estimate of drug-likeness (QED) is 0.838. The summed E-state index contributed by atoms with van der Waals surface area (Å²) in [6.45, 7) is 7.81. The van der Waals surface area contributed by atoms with E-state index in [1.165, 1.54) is 32.1 Å². The highest BCUT2D eigenvalue weighted by Gasteiger charge is 2.25. The number of rotatable bonds is 4. The zero-order chi connectivity index (χ0) is 13.5. The fraction of sp³-hybridized carbons (Fsp3) is 0.933. The monoisotopic (exact) mass is 267 g/mol. The normalized spacial score (nSPS) is 26.2. The van der Waals surface area contributed by atoms with Crippen LogP contribution in [-0.4, -0.2) is 61.0 Å².